The smallest absolute Gasteiger partial charge is 0.264 e. The monoisotopic (exact) mass is 305 g/mol. The Hall–Kier alpha value is -2.09. The van der Waals surface area contributed by atoms with E-state index in [4.69, 9.17) is 4.55 Å². The lowest BCUT2D eigenvalue weighted by Crippen LogP contribution is -2.30. The number of aryl methyl sites for hydroxylation is 1. The quantitative estimate of drug-likeness (QED) is 0.451. The van der Waals surface area contributed by atoms with Crippen LogP contribution in [0.25, 0.3) is 22.1 Å². The van der Waals surface area contributed by atoms with Gasteiger partial charge in [-0.2, -0.15) is 13.0 Å². The highest BCUT2D eigenvalue weighted by Crippen LogP contribution is 2.18. The summed E-state index contributed by atoms with van der Waals surface area (Å²) in [4.78, 5) is 4.56. The Kier molecular flexibility index (Phi) is 3.32. The van der Waals surface area contributed by atoms with Gasteiger partial charge in [-0.15, -0.1) is 0 Å². The number of para-hydroxylation sites is 3. The van der Waals surface area contributed by atoms with Crippen molar-refractivity contribution in [2.75, 3.05) is 0 Å². The fraction of sp³-hybridized carbons (Fsp3) is 0.143. The highest BCUT2D eigenvalue weighted by Gasteiger charge is 2.16. The molecule has 0 fully saturated rings. The van der Waals surface area contributed by atoms with Crippen LogP contribution in [0.2, 0.25) is 0 Å². The van der Waals surface area contributed by atoms with E-state index >= 15 is 0 Å². The minimum absolute atomic E-state index is 0.262. The molecule has 3 rings (SSSR count). The third-order valence-electron chi connectivity index (χ3n) is 3.30. The largest absolute Gasteiger partial charge is 0.397 e. The Morgan fingerprint density at radius 1 is 1.14 bits per heavy atom. The van der Waals surface area contributed by atoms with Crippen molar-refractivity contribution in [1.29, 1.82) is 0 Å². The van der Waals surface area contributed by atoms with Gasteiger partial charge in [0.2, 0.25) is 11.0 Å². The zero-order chi connectivity index (χ0) is 15.0. The normalized spacial score (nSPS) is 12.1. The first kappa shape index (κ1) is 13.9. The van der Waals surface area contributed by atoms with Crippen LogP contribution in [0.5, 0.6) is 0 Å². The maximum Gasteiger partial charge on any atom is 0.397 e. The predicted molar refractivity (Wildman–Crippen MR) is 76.8 cm³/mol. The first-order valence-corrected chi connectivity index (χ1v) is 7.60. The lowest BCUT2D eigenvalue weighted by atomic mass is 10.1. The van der Waals surface area contributed by atoms with Crippen LogP contribution in [0.1, 0.15) is 5.56 Å². The minimum Gasteiger partial charge on any atom is -0.264 e. The van der Waals surface area contributed by atoms with Crippen molar-refractivity contribution in [3.05, 3.63) is 48.0 Å². The molecule has 0 aliphatic carbocycles. The molecular weight excluding hydrogens is 292 g/mol. The molecule has 108 valence electrons. The number of fused-ring (bicyclic) bond motifs is 2. The molecule has 0 atom stereocenters. The Balaban J connectivity index is 2.23. The van der Waals surface area contributed by atoms with Gasteiger partial charge in [-0.3, -0.25) is 4.55 Å². The zero-order valence-corrected chi connectivity index (χ0v) is 12.0. The van der Waals surface area contributed by atoms with Gasteiger partial charge in [0.25, 0.3) is 0 Å². The summed E-state index contributed by atoms with van der Waals surface area (Å²) < 4.78 is 36.6. The molecule has 1 N–H and O–H groups in total. The summed E-state index contributed by atoms with van der Waals surface area (Å²) in [7, 11) is -2.56. The standard InChI is InChI=1S/C14H12N2O4S/c1-16-12-7-3-2-6-11(12)15-14-10(5-4-8-13(14)16)9-20-21(17,18)19/h2-8H,9H2,1H3/p+1. The maximum absolute atomic E-state index is 10.7. The van der Waals surface area contributed by atoms with Crippen molar-refractivity contribution in [2.45, 2.75) is 6.61 Å². The van der Waals surface area contributed by atoms with Crippen LogP contribution in [0.15, 0.2) is 42.5 Å². The van der Waals surface area contributed by atoms with Gasteiger partial charge in [0.1, 0.15) is 18.1 Å². The van der Waals surface area contributed by atoms with Crippen LogP contribution in [-0.4, -0.2) is 18.0 Å². The number of aromatic nitrogens is 2. The molecule has 0 spiro atoms. The molecule has 0 aliphatic heterocycles. The van der Waals surface area contributed by atoms with Gasteiger partial charge in [-0.05, 0) is 6.07 Å². The van der Waals surface area contributed by atoms with E-state index in [-0.39, 0.29) is 6.61 Å². The van der Waals surface area contributed by atoms with E-state index in [0.29, 0.717) is 11.1 Å². The Bertz CT molecular complexity index is 938. The summed E-state index contributed by atoms with van der Waals surface area (Å²) in [6.45, 7) is -0.262. The van der Waals surface area contributed by atoms with Crippen LogP contribution in [0.3, 0.4) is 0 Å². The second-order valence-corrected chi connectivity index (χ2v) is 5.73. The second-order valence-electron chi connectivity index (χ2n) is 4.63. The van der Waals surface area contributed by atoms with Crippen molar-refractivity contribution in [3.63, 3.8) is 0 Å². The summed E-state index contributed by atoms with van der Waals surface area (Å²) in [5.74, 6) is 0. The van der Waals surface area contributed by atoms with E-state index < -0.39 is 10.4 Å². The van der Waals surface area contributed by atoms with Gasteiger partial charge in [0.05, 0.1) is 6.61 Å². The Morgan fingerprint density at radius 2 is 1.86 bits per heavy atom. The Morgan fingerprint density at radius 3 is 2.62 bits per heavy atom. The summed E-state index contributed by atoms with van der Waals surface area (Å²) in [6.07, 6.45) is 0. The third kappa shape index (κ3) is 2.71. The van der Waals surface area contributed by atoms with Crippen LogP contribution in [0, 0.1) is 0 Å². The molecular formula is C14H13N2O4S+. The molecule has 1 aromatic heterocycles. The molecule has 6 nitrogen and oxygen atoms in total. The van der Waals surface area contributed by atoms with E-state index in [2.05, 4.69) is 9.17 Å². The molecule has 7 heteroatoms. The minimum atomic E-state index is -4.48. The fourth-order valence-electron chi connectivity index (χ4n) is 2.32. The topological polar surface area (TPSA) is 80.4 Å². The summed E-state index contributed by atoms with van der Waals surface area (Å²) in [6, 6.07) is 13.1. The fourth-order valence-corrected chi connectivity index (χ4v) is 2.60. The number of hydrogen-bond acceptors (Lipinski definition) is 4. The first-order valence-electron chi connectivity index (χ1n) is 6.24. The van der Waals surface area contributed by atoms with E-state index in [1.54, 1.807) is 12.1 Å². The summed E-state index contributed by atoms with van der Waals surface area (Å²) in [5.41, 5.74) is 3.85. The SMILES string of the molecule is C[n+]1c2ccccc2nc2c(COS(=O)(=O)O)cccc21. The molecule has 21 heavy (non-hydrogen) atoms. The molecule has 3 aromatic rings. The predicted octanol–water partition coefficient (Wildman–Crippen LogP) is 1.53. The average Bonchev–Trinajstić information content (AvgIpc) is 2.45. The number of benzene rings is 2. The molecule has 0 saturated carbocycles. The van der Waals surface area contributed by atoms with Crippen molar-refractivity contribution in [1.82, 2.24) is 4.98 Å². The van der Waals surface area contributed by atoms with Crippen LogP contribution in [-0.2, 0) is 28.2 Å². The van der Waals surface area contributed by atoms with Gasteiger partial charge in [0, 0.05) is 17.7 Å². The molecule has 0 saturated heterocycles. The molecule has 0 radical (unpaired) electrons. The summed E-state index contributed by atoms with van der Waals surface area (Å²) >= 11 is 0. The van der Waals surface area contributed by atoms with E-state index in [1.165, 1.54) is 0 Å². The Labute approximate surface area is 121 Å². The molecule has 1 heterocycles. The van der Waals surface area contributed by atoms with Crippen LogP contribution < -0.4 is 4.57 Å². The first-order chi connectivity index (χ1) is 9.96. The van der Waals surface area contributed by atoms with Gasteiger partial charge in [-0.1, -0.05) is 24.3 Å². The summed E-state index contributed by atoms with van der Waals surface area (Å²) in [5, 5.41) is 0. The van der Waals surface area contributed by atoms with Gasteiger partial charge in [0.15, 0.2) is 0 Å². The molecule has 2 aromatic carbocycles. The lowest BCUT2D eigenvalue weighted by Gasteiger charge is -2.05. The molecule has 0 bridgehead atoms. The van der Waals surface area contributed by atoms with Crippen LogP contribution >= 0.6 is 0 Å². The van der Waals surface area contributed by atoms with Gasteiger partial charge in [-0.25, -0.2) is 9.17 Å². The van der Waals surface area contributed by atoms with Crippen molar-refractivity contribution < 1.29 is 21.7 Å². The van der Waals surface area contributed by atoms with E-state index in [1.807, 2.05) is 41.9 Å². The van der Waals surface area contributed by atoms with E-state index in [0.717, 1.165) is 16.6 Å². The average molecular weight is 305 g/mol. The van der Waals surface area contributed by atoms with Crippen molar-refractivity contribution in [3.8, 4) is 0 Å². The highest BCUT2D eigenvalue weighted by atomic mass is 32.3. The highest BCUT2D eigenvalue weighted by molar-refractivity contribution is 7.80. The molecule has 0 unspecified atom stereocenters. The third-order valence-corrected chi connectivity index (χ3v) is 3.71. The van der Waals surface area contributed by atoms with Gasteiger partial charge >= 0.3 is 10.4 Å². The molecule has 0 amide bonds. The second kappa shape index (κ2) is 5.03. The number of rotatable bonds is 3. The van der Waals surface area contributed by atoms with Crippen LogP contribution in [0.4, 0.5) is 0 Å². The van der Waals surface area contributed by atoms with Gasteiger partial charge < -0.3 is 0 Å². The van der Waals surface area contributed by atoms with E-state index in [9.17, 15) is 8.42 Å². The number of nitrogens with zero attached hydrogens (tertiary/aromatic N) is 2. The van der Waals surface area contributed by atoms with Crippen molar-refractivity contribution >= 4 is 32.5 Å². The lowest BCUT2D eigenvalue weighted by molar-refractivity contribution is -0.618. The zero-order valence-electron chi connectivity index (χ0n) is 11.2. The maximum atomic E-state index is 10.7. The van der Waals surface area contributed by atoms with Crippen molar-refractivity contribution in [2.24, 2.45) is 7.05 Å². The molecule has 0 aliphatic rings. The number of hydrogen-bond donors (Lipinski definition) is 1.